The first-order valence-electron chi connectivity index (χ1n) is 5.03. The van der Waals surface area contributed by atoms with Crippen LogP contribution in [0.2, 0.25) is 0 Å². The number of nitrogens with one attached hydrogen (secondary N) is 1. The Labute approximate surface area is 105 Å². The molecule has 0 fully saturated rings. The number of nitrogens with zero attached hydrogens (tertiary/aromatic N) is 5. The molecular formula is C9H9N7OS. The average molecular weight is 263 g/mol. The zero-order valence-electron chi connectivity index (χ0n) is 9.36. The van der Waals surface area contributed by atoms with Crippen LogP contribution in [0.25, 0.3) is 5.65 Å². The summed E-state index contributed by atoms with van der Waals surface area (Å²) in [6, 6.07) is 0. The van der Waals surface area contributed by atoms with Gasteiger partial charge in [0.25, 0.3) is 0 Å². The van der Waals surface area contributed by atoms with Crippen LogP contribution in [0.1, 0.15) is 0 Å². The predicted octanol–water partition coefficient (Wildman–Crippen LogP) is -0.116. The quantitative estimate of drug-likeness (QED) is 0.667. The molecule has 3 aromatic heterocycles. The molecule has 0 aliphatic heterocycles. The zero-order valence-corrected chi connectivity index (χ0v) is 10.2. The number of aromatic amines is 1. The van der Waals surface area contributed by atoms with Crippen molar-refractivity contribution in [3.05, 3.63) is 29.1 Å². The van der Waals surface area contributed by atoms with Crippen LogP contribution in [-0.4, -0.2) is 29.1 Å². The first-order chi connectivity index (χ1) is 8.65. The Bertz CT molecular complexity index is 771. The Morgan fingerprint density at radius 1 is 1.50 bits per heavy atom. The Balaban J connectivity index is 2.12. The fraction of sp³-hybridized carbons (Fsp3) is 0.111. The molecule has 0 spiro atoms. The normalized spacial score (nSPS) is 11.2. The molecule has 0 saturated carbocycles. The number of nitrogen functional groups attached to an aromatic ring is 1. The van der Waals surface area contributed by atoms with E-state index in [9.17, 15) is 4.79 Å². The van der Waals surface area contributed by atoms with Gasteiger partial charge in [0, 0.05) is 19.4 Å². The maximum absolute atomic E-state index is 11.3. The molecule has 0 radical (unpaired) electrons. The van der Waals surface area contributed by atoms with Gasteiger partial charge in [0.2, 0.25) is 0 Å². The highest BCUT2D eigenvalue weighted by Gasteiger charge is 2.12. The van der Waals surface area contributed by atoms with Gasteiger partial charge in [-0.2, -0.15) is 0 Å². The summed E-state index contributed by atoms with van der Waals surface area (Å²) in [5.74, 6) is 0.378. The van der Waals surface area contributed by atoms with E-state index < -0.39 is 0 Å². The van der Waals surface area contributed by atoms with E-state index in [0.29, 0.717) is 21.6 Å². The topological polar surface area (TPSA) is 107 Å². The lowest BCUT2D eigenvalue weighted by molar-refractivity contribution is 0.765. The van der Waals surface area contributed by atoms with E-state index in [0.717, 1.165) is 0 Å². The van der Waals surface area contributed by atoms with Gasteiger partial charge in [0.1, 0.15) is 10.8 Å². The minimum atomic E-state index is -0.277. The van der Waals surface area contributed by atoms with Gasteiger partial charge in [-0.05, 0) is 11.8 Å². The molecule has 3 rings (SSSR count). The molecule has 0 aliphatic carbocycles. The Kier molecular flexibility index (Phi) is 2.33. The van der Waals surface area contributed by atoms with Crippen LogP contribution in [0.5, 0.6) is 0 Å². The van der Waals surface area contributed by atoms with Crippen LogP contribution < -0.4 is 11.4 Å². The Hall–Kier alpha value is -2.29. The van der Waals surface area contributed by atoms with E-state index in [1.54, 1.807) is 30.0 Å². The fourth-order valence-corrected chi connectivity index (χ4v) is 2.38. The highest BCUT2D eigenvalue weighted by atomic mass is 32.2. The number of hydrogen-bond donors (Lipinski definition) is 2. The van der Waals surface area contributed by atoms with Crippen molar-refractivity contribution in [1.29, 1.82) is 0 Å². The van der Waals surface area contributed by atoms with Gasteiger partial charge in [-0.3, -0.25) is 4.57 Å². The lowest BCUT2D eigenvalue weighted by Gasteiger charge is -2.03. The van der Waals surface area contributed by atoms with Crippen molar-refractivity contribution in [2.75, 3.05) is 5.73 Å². The average Bonchev–Trinajstić information content (AvgIpc) is 2.90. The van der Waals surface area contributed by atoms with Crippen LogP contribution in [0, 0.1) is 0 Å². The molecule has 0 bridgehead atoms. The number of nitrogens with two attached hydrogens (primary N) is 1. The highest BCUT2D eigenvalue weighted by molar-refractivity contribution is 7.99. The van der Waals surface area contributed by atoms with Crippen LogP contribution in [-0.2, 0) is 7.05 Å². The largest absolute Gasteiger partial charge is 0.382 e. The number of fused-ring (bicyclic) bond motifs is 1. The maximum Gasteiger partial charge on any atom is 0.343 e. The summed E-state index contributed by atoms with van der Waals surface area (Å²) in [7, 11) is 1.63. The van der Waals surface area contributed by atoms with Crippen molar-refractivity contribution in [3.63, 3.8) is 0 Å². The summed E-state index contributed by atoms with van der Waals surface area (Å²) in [6.45, 7) is 0. The zero-order chi connectivity index (χ0) is 12.7. The summed E-state index contributed by atoms with van der Waals surface area (Å²) in [5, 5.41) is 7.37. The SMILES string of the molecule is Cn1c(Sc2nc(N)cn3ccnc23)n[nH]c1=O. The second-order valence-electron chi connectivity index (χ2n) is 3.60. The lowest BCUT2D eigenvalue weighted by Crippen LogP contribution is -2.12. The van der Waals surface area contributed by atoms with Crippen molar-refractivity contribution >= 4 is 23.2 Å². The second kappa shape index (κ2) is 3.88. The molecular weight excluding hydrogens is 254 g/mol. The minimum Gasteiger partial charge on any atom is -0.382 e. The number of aromatic nitrogens is 6. The Morgan fingerprint density at radius 2 is 2.33 bits per heavy atom. The second-order valence-corrected chi connectivity index (χ2v) is 4.56. The van der Waals surface area contributed by atoms with Crippen molar-refractivity contribution in [2.24, 2.45) is 7.05 Å². The molecule has 18 heavy (non-hydrogen) atoms. The Morgan fingerprint density at radius 3 is 3.06 bits per heavy atom. The number of rotatable bonds is 2. The minimum absolute atomic E-state index is 0.277. The van der Waals surface area contributed by atoms with Crippen LogP contribution in [0.4, 0.5) is 5.82 Å². The van der Waals surface area contributed by atoms with Gasteiger partial charge in [-0.15, -0.1) is 5.10 Å². The monoisotopic (exact) mass is 263 g/mol. The van der Waals surface area contributed by atoms with E-state index in [-0.39, 0.29) is 5.69 Å². The van der Waals surface area contributed by atoms with Gasteiger partial charge >= 0.3 is 5.69 Å². The van der Waals surface area contributed by atoms with Crippen molar-refractivity contribution in [2.45, 2.75) is 10.2 Å². The van der Waals surface area contributed by atoms with Gasteiger partial charge < -0.3 is 10.1 Å². The number of anilines is 1. The van der Waals surface area contributed by atoms with Crippen LogP contribution in [0.3, 0.4) is 0 Å². The molecule has 3 aromatic rings. The van der Waals surface area contributed by atoms with Gasteiger partial charge in [-0.1, -0.05) is 0 Å². The molecule has 0 aliphatic rings. The molecule has 0 amide bonds. The molecule has 8 nitrogen and oxygen atoms in total. The van der Waals surface area contributed by atoms with Crippen LogP contribution in [0.15, 0.2) is 33.6 Å². The van der Waals surface area contributed by atoms with Crippen LogP contribution >= 0.6 is 11.8 Å². The van der Waals surface area contributed by atoms with Crippen molar-refractivity contribution in [3.8, 4) is 0 Å². The molecule has 3 N–H and O–H groups in total. The smallest absolute Gasteiger partial charge is 0.343 e. The predicted molar refractivity (Wildman–Crippen MR) is 65.4 cm³/mol. The molecule has 3 heterocycles. The summed E-state index contributed by atoms with van der Waals surface area (Å²) >= 11 is 1.23. The molecule has 0 atom stereocenters. The van der Waals surface area contributed by atoms with E-state index in [4.69, 9.17) is 5.73 Å². The first-order valence-corrected chi connectivity index (χ1v) is 5.85. The number of imidazole rings is 1. The van der Waals surface area contributed by atoms with Crippen molar-refractivity contribution < 1.29 is 0 Å². The van der Waals surface area contributed by atoms with Gasteiger partial charge in [-0.25, -0.2) is 19.9 Å². The third kappa shape index (κ3) is 1.64. The third-order valence-electron chi connectivity index (χ3n) is 2.39. The number of hydrogen-bond acceptors (Lipinski definition) is 6. The van der Waals surface area contributed by atoms with E-state index in [1.807, 2.05) is 0 Å². The van der Waals surface area contributed by atoms with E-state index in [2.05, 4.69) is 20.2 Å². The molecule has 0 unspecified atom stereocenters. The standard InChI is InChI=1S/C9H9N7OS/c1-15-8(17)13-14-9(15)18-7-6-11-2-3-16(6)4-5(10)12-7/h2-4H,10H2,1H3,(H,13,17). The van der Waals surface area contributed by atoms with E-state index in [1.165, 1.54) is 16.3 Å². The van der Waals surface area contributed by atoms with E-state index >= 15 is 0 Å². The highest BCUT2D eigenvalue weighted by Crippen LogP contribution is 2.26. The summed E-state index contributed by atoms with van der Waals surface area (Å²) in [4.78, 5) is 19.7. The third-order valence-corrected chi connectivity index (χ3v) is 3.40. The molecule has 0 saturated heterocycles. The summed E-state index contributed by atoms with van der Waals surface area (Å²) in [6.07, 6.45) is 5.11. The summed E-state index contributed by atoms with van der Waals surface area (Å²) < 4.78 is 3.17. The number of H-pyrrole nitrogens is 1. The molecule has 0 aromatic carbocycles. The maximum atomic E-state index is 11.3. The van der Waals surface area contributed by atoms with Crippen molar-refractivity contribution in [1.82, 2.24) is 29.1 Å². The lowest BCUT2D eigenvalue weighted by atomic mass is 10.6. The molecule has 9 heteroatoms. The van der Waals surface area contributed by atoms with Gasteiger partial charge in [0.15, 0.2) is 10.8 Å². The first kappa shape index (κ1) is 10.8. The van der Waals surface area contributed by atoms with Gasteiger partial charge in [0.05, 0.1) is 6.20 Å². The fourth-order valence-electron chi connectivity index (χ4n) is 1.50. The molecule has 92 valence electrons. The summed E-state index contributed by atoms with van der Waals surface area (Å²) in [5.41, 5.74) is 6.10.